The molecule has 0 saturated heterocycles. The van der Waals surface area contributed by atoms with E-state index < -0.39 is 0 Å². The summed E-state index contributed by atoms with van der Waals surface area (Å²) in [5.74, 6) is 1.75. The van der Waals surface area contributed by atoms with E-state index in [9.17, 15) is 9.59 Å². The number of imidazole rings is 2. The maximum absolute atomic E-state index is 13.4. The predicted octanol–water partition coefficient (Wildman–Crippen LogP) is 3.23. The third kappa shape index (κ3) is 3.12. The van der Waals surface area contributed by atoms with Crippen LogP contribution in [0, 0.1) is 0 Å². The van der Waals surface area contributed by atoms with Crippen molar-refractivity contribution in [1.82, 2.24) is 23.1 Å². The number of nitrogens with zero attached hydrogens (tertiary/aromatic N) is 5. The number of hydrogen-bond donors (Lipinski definition) is 0. The summed E-state index contributed by atoms with van der Waals surface area (Å²) in [7, 11) is 4.84. The zero-order valence-corrected chi connectivity index (χ0v) is 19.5. The van der Waals surface area contributed by atoms with Gasteiger partial charge >= 0.3 is 5.69 Å². The molecular weight excluding hydrogens is 434 g/mol. The summed E-state index contributed by atoms with van der Waals surface area (Å²) < 4.78 is 17.5. The fourth-order valence-corrected chi connectivity index (χ4v) is 4.34. The van der Waals surface area contributed by atoms with Gasteiger partial charge in [-0.05, 0) is 18.6 Å². The van der Waals surface area contributed by atoms with Crippen LogP contribution in [0.3, 0.4) is 0 Å². The maximum atomic E-state index is 13.4. The molecule has 0 unspecified atom stereocenters. The Hall–Kier alpha value is -4.27. The standard InChI is InChI=1S/C25H25N5O4/c1-5-13-28-23(31)21-22(27(2)25(28)32)26-24-29(21)15-19(16-9-7-6-8-10-16)30(24)18-14-17(33-3)11-12-20(18)34-4/h6-12,14-15H,5,13H2,1-4H3. The summed E-state index contributed by atoms with van der Waals surface area (Å²) in [5, 5.41) is 0. The van der Waals surface area contributed by atoms with E-state index in [-0.39, 0.29) is 11.2 Å². The first-order chi connectivity index (χ1) is 16.5. The molecular formula is C25H25N5O4. The van der Waals surface area contributed by atoms with Crippen LogP contribution >= 0.6 is 0 Å². The monoisotopic (exact) mass is 459 g/mol. The van der Waals surface area contributed by atoms with Gasteiger partial charge in [-0.1, -0.05) is 37.3 Å². The fraction of sp³-hybridized carbons (Fsp3) is 0.240. The lowest BCUT2D eigenvalue weighted by Gasteiger charge is -2.14. The van der Waals surface area contributed by atoms with Gasteiger partial charge < -0.3 is 9.47 Å². The summed E-state index contributed by atoms with van der Waals surface area (Å²) in [6.45, 7) is 2.27. The molecule has 174 valence electrons. The van der Waals surface area contributed by atoms with Crippen LogP contribution in [0.1, 0.15) is 13.3 Å². The van der Waals surface area contributed by atoms with Crippen LogP contribution in [0.15, 0.2) is 64.3 Å². The van der Waals surface area contributed by atoms with Crippen LogP contribution < -0.4 is 20.7 Å². The van der Waals surface area contributed by atoms with Crippen molar-refractivity contribution in [3.63, 3.8) is 0 Å². The Morgan fingerprint density at radius 3 is 2.44 bits per heavy atom. The molecule has 0 spiro atoms. The van der Waals surface area contributed by atoms with Gasteiger partial charge in [-0.2, -0.15) is 4.98 Å². The Balaban J connectivity index is 1.97. The van der Waals surface area contributed by atoms with E-state index in [0.717, 1.165) is 11.3 Å². The largest absolute Gasteiger partial charge is 0.497 e. The quantitative estimate of drug-likeness (QED) is 0.389. The molecule has 0 radical (unpaired) electrons. The minimum atomic E-state index is -0.381. The topological polar surface area (TPSA) is 84.7 Å². The van der Waals surface area contributed by atoms with Gasteiger partial charge in [-0.3, -0.25) is 22.9 Å². The molecule has 0 amide bonds. The first kappa shape index (κ1) is 21.6. The van der Waals surface area contributed by atoms with E-state index in [1.54, 1.807) is 25.7 Å². The highest BCUT2D eigenvalue weighted by atomic mass is 16.5. The maximum Gasteiger partial charge on any atom is 0.332 e. The van der Waals surface area contributed by atoms with Gasteiger partial charge in [0.1, 0.15) is 11.5 Å². The minimum Gasteiger partial charge on any atom is -0.497 e. The number of methoxy groups -OCH3 is 2. The van der Waals surface area contributed by atoms with E-state index in [1.807, 2.05) is 66.2 Å². The van der Waals surface area contributed by atoms with Crippen molar-refractivity contribution in [2.24, 2.45) is 7.05 Å². The molecule has 0 atom stereocenters. The number of ether oxygens (including phenoxy) is 2. The second-order valence-corrected chi connectivity index (χ2v) is 8.01. The third-order valence-corrected chi connectivity index (χ3v) is 5.99. The van der Waals surface area contributed by atoms with E-state index >= 15 is 0 Å². The van der Waals surface area contributed by atoms with Crippen molar-refractivity contribution >= 4 is 16.9 Å². The molecule has 2 aromatic carbocycles. The smallest absolute Gasteiger partial charge is 0.332 e. The molecule has 5 aromatic rings. The van der Waals surface area contributed by atoms with Gasteiger partial charge in [-0.15, -0.1) is 0 Å². The van der Waals surface area contributed by atoms with E-state index in [1.165, 1.54) is 9.13 Å². The highest BCUT2D eigenvalue weighted by molar-refractivity contribution is 5.80. The molecule has 3 heterocycles. The molecule has 5 rings (SSSR count). The van der Waals surface area contributed by atoms with Crippen molar-refractivity contribution in [2.75, 3.05) is 14.2 Å². The SMILES string of the molecule is CCCn1c(=O)c2c(nc3n(-c4cc(OC)ccc4OC)c(-c4ccccc4)cn23)n(C)c1=O. The Morgan fingerprint density at radius 2 is 1.76 bits per heavy atom. The Bertz CT molecular complexity index is 1640. The van der Waals surface area contributed by atoms with Gasteiger partial charge in [0, 0.05) is 31.4 Å². The van der Waals surface area contributed by atoms with Crippen molar-refractivity contribution in [3.8, 4) is 28.4 Å². The van der Waals surface area contributed by atoms with Crippen molar-refractivity contribution in [1.29, 1.82) is 0 Å². The second kappa shape index (κ2) is 8.26. The third-order valence-electron chi connectivity index (χ3n) is 5.99. The van der Waals surface area contributed by atoms with Gasteiger partial charge in [-0.25, -0.2) is 4.79 Å². The molecule has 0 aliphatic rings. The molecule has 0 N–H and O–H groups in total. The number of aromatic nitrogens is 5. The Morgan fingerprint density at radius 1 is 1.00 bits per heavy atom. The zero-order chi connectivity index (χ0) is 24.0. The van der Waals surface area contributed by atoms with Crippen LogP contribution in [0.4, 0.5) is 0 Å². The average molecular weight is 460 g/mol. The van der Waals surface area contributed by atoms with Gasteiger partial charge in [0.25, 0.3) is 5.56 Å². The summed E-state index contributed by atoms with van der Waals surface area (Å²) in [6, 6.07) is 15.3. The van der Waals surface area contributed by atoms with E-state index in [4.69, 9.17) is 14.5 Å². The lowest BCUT2D eigenvalue weighted by atomic mass is 10.1. The minimum absolute atomic E-state index is 0.326. The number of fused-ring (bicyclic) bond motifs is 3. The molecule has 0 aliphatic heterocycles. The van der Waals surface area contributed by atoms with Crippen LogP contribution in [0.25, 0.3) is 33.9 Å². The molecule has 9 nitrogen and oxygen atoms in total. The number of benzene rings is 2. The molecule has 34 heavy (non-hydrogen) atoms. The molecule has 9 heteroatoms. The van der Waals surface area contributed by atoms with Crippen molar-refractivity contribution < 1.29 is 9.47 Å². The summed E-state index contributed by atoms with van der Waals surface area (Å²) >= 11 is 0. The summed E-state index contributed by atoms with van der Waals surface area (Å²) in [4.78, 5) is 31.0. The Labute approximate surface area is 195 Å². The molecule has 0 aliphatic carbocycles. The zero-order valence-electron chi connectivity index (χ0n) is 19.5. The highest BCUT2D eigenvalue weighted by Gasteiger charge is 2.24. The lowest BCUT2D eigenvalue weighted by molar-refractivity contribution is 0.402. The van der Waals surface area contributed by atoms with Crippen LogP contribution in [-0.2, 0) is 13.6 Å². The number of hydrogen-bond acceptors (Lipinski definition) is 5. The average Bonchev–Trinajstić information content (AvgIpc) is 3.42. The first-order valence-corrected chi connectivity index (χ1v) is 11.0. The molecule has 0 saturated carbocycles. The lowest BCUT2D eigenvalue weighted by Crippen LogP contribution is -2.39. The van der Waals surface area contributed by atoms with Gasteiger partial charge in [0.2, 0.25) is 5.78 Å². The highest BCUT2D eigenvalue weighted by Crippen LogP contribution is 2.35. The molecule has 3 aromatic heterocycles. The summed E-state index contributed by atoms with van der Waals surface area (Å²) in [6.07, 6.45) is 2.54. The second-order valence-electron chi connectivity index (χ2n) is 8.01. The predicted molar refractivity (Wildman–Crippen MR) is 130 cm³/mol. The van der Waals surface area contributed by atoms with Crippen LogP contribution in [-0.4, -0.2) is 37.3 Å². The Kier molecular flexibility index (Phi) is 5.24. The van der Waals surface area contributed by atoms with E-state index in [0.29, 0.717) is 47.1 Å². The number of aryl methyl sites for hydroxylation is 1. The molecule has 0 bridgehead atoms. The van der Waals surface area contributed by atoms with Crippen molar-refractivity contribution in [2.45, 2.75) is 19.9 Å². The van der Waals surface area contributed by atoms with Crippen LogP contribution in [0.2, 0.25) is 0 Å². The first-order valence-electron chi connectivity index (χ1n) is 11.0. The van der Waals surface area contributed by atoms with Crippen LogP contribution in [0.5, 0.6) is 11.5 Å². The van der Waals surface area contributed by atoms with E-state index in [2.05, 4.69) is 0 Å². The van der Waals surface area contributed by atoms with Gasteiger partial charge in [0.15, 0.2) is 11.2 Å². The van der Waals surface area contributed by atoms with Crippen molar-refractivity contribution in [3.05, 3.63) is 75.6 Å². The fourth-order valence-electron chi connectivity index (χ4n) is 4.34. The number of rotatable bonds is 6. The normalized spacial score (nSPS) is 11.4. The summed E-state index contributed by atoms with van der Waals surface area (Å²) in [5.41, 5.74) is 2.38. The van der Waals surface area contributed by atoms with Gasteiger partial charge in [0.05, 0.1) is 25.6 Å². The molecule has 0 fully saturated rings.